The highest BCUT2D eigenvalue weighted by Crippen LogP contribution is 2.21. The van der Waals surface area contributed by atoms with Gasteiger partial charge in [-0.25, -0.2) is 12.7 Å². The number of likely N-dealkylation sites (tertiary alicyclic amines) is 1. The molecule has 0 aliphatic carbocycles. The minimum Gasteiger partial charge on any atom is -0.353 e. The van der Waals surface area contributed by atoms with Gasteiger partial charge in [0.05, 0.1) is 12.2 Å². The maximum atomic E-state index is 12.5. The molecule has 26 heavy (non-hydrogen) atoms. The smallest absolute Gasteiger partial charge is 0.225 e. The van der Waals surface area contributed by atoms with Crippen molar-refractivity contribution in [1.29, 1.82) is 0 Å². The van der Waals surface area contributed by atoms with Crippen LogP contribution < -0.4 is 5.32 Å². The summed E-state index contributed by atoms with van der Waals surface area (Å²) in [5.74, 6) is -0.438. The molecule has 0 saturated carbocycles. The largest absolute Gasteiger partial charge is 0.353 e. The van der Waals surface area contributed by atoms with E-state index in [2.05, 4.69) is 5.32 Å². The zero-order valence-electron chi connectivity index (χ0n) is 14.9. The number of carbonyl (C=O) groups excluding carboxylic acids is 2. The number of nitrogens with zero attached hydrogens (tertiary/aromatic N) is 2. The van der Waals surface area contributed by atoms with E-state index in [-0.39, 0.29) is 30.2 Å². The zero-order chi connectivity index (χ0) is 18.7. The lowest BCUT2D eigenvalue weighted by Gasteiger charge is -2.31. The fourth-order valence-electron chi connectivity index (χ4n) is 3.56. The summed E-state index contributed by atoms with van der Waals surface area (Å²) in [5.41, 5.74) is 1.05. The Hall–Kier alpha value is -1.93. The number of benzene rings is 1. The first-order chi connectivity index (χ1) is 12.3. The quantitative estimate of drug-likeness (QED) is 0.811. The van der Waals surface area contributed by atoms with Crippen LogP contribution >= 0.6 is 0 Å². The molecule has 2 amide bonds. The fourth-order valence-corrected chi connectivity index (χ4v) is 4.43. The van der Waals surface area contributed by atoms with Crippen molar-refractivity contribution in [2.24, 2.45) is 5.92 Å². The first-order valence-electron chi connectivity index (χ1n) is 8.90. The molecule has 1 unspecified atom stereocenters. The molecule has 2 aliphatic rings. The highest BCUT2D eigenvalue weighted by atomic mass is 32.2. The van der Waals surface area contributed by atoms with Crippen molar-refractivity contribution >= 4 is 21.8 Å². The Kier molecular flexibility index (Phi) is 5.62. The monoisotopic (exact) mass is 379 g/mol. The first-order valence-corrected chi connectivity index (χ1v) is 10.7. The predicted octanol–water partition coefficient (Wildman–Crippen LogP) is 0.575. The summed E-state index contributed by atoms with van der Waals surface area (Å²) in [4.78, 5) is 26.5. The molecule has 8 heteroatoms. The highest BCUT2D eigenvalue weighted by molar-refractivity contribution is 7.88. The van der Waals surface area contributed by atoms with Crippen LogP contribution in [0.4, 0.5) is 0 Å². The average molecular weight is 379 g/mol. The molecule has 2 saturated heterocycles. The zero-order valence-corrected chi connectivity index (χ0v) is 15.7. The minimum absolute atomic E-state index is 0.000832. The van der Waals surface area contributed by atoms with Crippen molar-refractivity contribution in [2.75, 3.05) is 25.9 Å². The molecule has 3 rings (SSSR count). The van der Waals surface area contributed by atoms with Gasteiger partial charge in [0.1, 0.15) is 0 Å². The number of piperidine rings is 1. The SMILES string of the molecule is CS(=O)(=O)N1CCC(NC(=O)C2CC(=O)N(Cc3ccccc3)C2)CC1. The van der Waals surface area contributed by atoms with Gasteiger partial charge in [0.25, 0.3) is 0 Å². The third kappa shape index (κ3) is 4.62. The Morgan fingerprint density at radius 3 is 2.46 bits per heavy atom. The number of hydrogen-bond acceptors (Lipinski definition) is 4. The third-order valence-electron chi connectivity index (χ3n) is 5.07. The number of sulfonamides is 1. The van der Waals surface area contributed by atoms with Gasteiger partial charge in [-0.2, -0.15) is 0 Å². The number of carbonyl (C=O) groups is 2. The van der Waals surface area contributed by atoms with E-state index in [1.807, 2.05) is 30.3 Å². The summed E-state index contributed by atoms with van der Waals surface area (Å²) in [6.07, 6.45) is 2.65. The Morgan fingerprint density at radius 2 is 1.85 bits per heavy atom. The summed E-state index contributed by atoms with van der Waals surface area (Å²) in [7, 11) is -3.17. The highest BCUT2D eigenvalue weighted by Gasteiger charge is 2.35. The van der Waals surface area contributed by atoms with Gasteiger partial charge in [-0.3, -0.25) is 9.59 Å². The van der Waals surface area contributed by atoms with Crippen molar-refractivity contribution in [3.8, 4) is 0 Å². The molecule has 1 atom stereocenters. The van der Waals surface area contributed by atoms with Crippen molar-refractivity contribution < 1.29 is 18.0 Å². The van der Waals surface area contributed by atoms with Crippen LogP contribution in [0.25, 0.3) is 0 Å². The number of nitrogens with one attached hydrogen (secondary N) is 1. The van der Waals surface area contributed by atoms with Crippen LogP contribution in [0.3, 0.4) is 0 Å². The molecule has 2 fully saturated rings. The number of hydrogen-bond donors (Lipinski definition) is 1. The number of rotatable bonds is 5. The van der Waals surface area contributed by atoms with Crippen LogP contribution in [0.5, 0.6) is 0 Å². The summed E-state index contributed by atoms with van der Waals surface area (Å²) in [5, 5.41) is 3.00. The van der Waals surface area contributed by atoms with Gasteiger partial charge in [-0.15, -0.1) is 0 Å². The molecule has 2 heterocycles. The van der Waals surface area contributed by atoms with Gasteiger partial charge in [0.15, 0.2) is 0 Å². The summed E-state index contributed by atoms with van der Waals surface area (Å²) in [6.45, 7) is 1.80. The van der Waals surface area contributed by atoms with Crippen LogP contribution in [0.15, 0.2) is 30.3 Å². The van der Waals surface area contributed by atoms with Gasteiger partial charge < -0.3 is 10.2 Å². The summed E-state index contributed by atoms with van der Waals surface area (Å²) in [6, 6.07) is 9.71. The molecule has 7 nitrogen and oxygen atoms in total. The van der Waals surface area contributed by atoms with Crippen LogP contribution in [-0.4, -0.2) is 61.4 Å². The number of amides is 2. The molecule has 1 aromatic rings. The van der Waals surface area contributed by atoms with Crippen molar-refractivity contribution in [1.82, 2.24) is 14.5 Å². The average Bonchev–Trinajstić information content (AvgIpc) is 2.96. The van der Waals surface area contributed by atoms with Gasteiger partial charge in [-0.1, -0.05) is 30.3 Å². The van der Waals surface area contributed by atoms with Gasteiger partial charge in [0, 0.05) is 38.6 Å². The standard InChI is InChI=1S/C18H25N3O4S/c1-26(24,25)21-9-7-16(8-10-21)19-18(23)15-11-17(22)20(13-15)12-14-5-3-2-4-6-14/h2-6,15-16H,7-13H2,1H3,(H,19,23). The fraction of sp³-hybridized carbons (Fsp3) is 0.556. The Balaban J connectivity index is 1.49. The van der Waals surface area contributed by atoms with E-state index in [0.717, 1.165) is 5.56 Å². The van der Waals surface area contributed by atoms with Crippen molar-refractivity contribution in [3.05, 3.63) is 35.9 Å². The second-order valence-electron chi connectivity index (χ2n) is 7.11. The van der Waals surface area contributed by atoms with E-state index < -0.39 is 10.0 Å². The minimum atomic E-state index is -3.17. The molecule has 0 bridgehead atoms. The lowest BCUT2D eigenvalue weighted by atomic mass is 10.0. The van der Waals surface area contributed by atoms with Crippen molar-refractivity contribution in [3.63, 3.8) is 0 Å². The summed E-state index contributed by atoms with van der Waals surface area (Å²) < 4.78 is 24.5. The second kappa shape index (κ2) is 7.75. The molecule has 1 aromatic carbocycles. The van der Waals surface area contributed by atoms with Crippen LogP contribution in [0, 0.1) is 5.92 Å². The van der Waals surface area contributed by atoms with Crippen molar-refractivity contribution in [2.45, 2.75) is 31.8 Å². The Bertz CT molecular complexity index is 758. The molecule has 1 N–H and O–H groups in total. The third-order valence-corrected chi connectivity index (χ3v) is 6.37. The van der Waals surface area contributed by atoms with Gasteiger partial charge in [-0.05, 0) is 18.4 Å². The molecule has 142 valence electrons. The normalized spacial score (nSPS) is 22.6. The topological polar surface area (TPSA) is 86.8 Å². The van der Waals surface area contributed by atoms with Crippen LogP contribution in [0.2, 0.25) is 0 Å². The van der Waals surface area contributed by atoms with Crippen LogP contribution in [0.1, 0.15) is 24.8 Å². The molecule has 0 spiro atoms. The van der Waals surface area contributed by atoms with E-state index in [9.17, 15) is 18.0 Å². The second-order valence-corrected chi connectivity index (χ2v) is 9.09. The van der Waals surface area contributed by atoms with E-state index in [0.29, 0.717) is 39.0 Å². The maximum absolute atomic E-state index is 12.5. The molecular formula is C18H25N3O4S. The first kappa shape index (κ1) is 18.8. The predicted molar refractivity (Wildman–Crippen MR) is 97.5 cm³/mol. The van der Waals surface area contributed by atoms with Crippen LogP contribution in [-0.2, 0) is 26.2 Å². The lowest BCUT2D eigenvalue weighted by molar-refractivity contribution is -0.129. The Labute approximate surface area is 154 Å². The Morgan fingerprint density at radius 1 is 1.19 bits per heavy atom. The lowest BCUT2D eigenvalue weighted by Crippen LogP contribution is -2.47. The van der Waals surface area contributed by atoms with E-state index >= 15 is 0 Å². The van der Waals surface area contributed by atoms with E-state index in [4.69, 9.17) is 0 Å². The van der Waals surface area contributed by atoms with E-state index in [1.165, 1.54) is 10.6 Å². The van der Waals surface area contributed by atoms with Gasteiger partial charge >= 0.3 is 0 Å². The van der Waals surface area contributed by atoms with Gasteiger partial charge in [0.2, 0.25) is 21.8 Å². The summed E-state index contributed by atoms with van der Waals surface area (Å²) >= 11 is 0. The molecule has 0 radical (unpaired) electrons. The molecular weight excluding hydrogens is 354 g/mol. The maximum Gasteiger partial charge on any atom is 0.225 e. The van der Waals surface area contributed by atoms with E-state index in [1.54, 1.807) is 4.90 Å². The molecule has 2 aliphatic heterocycles. The molecule has 0 aromatic heterocycles.